The molecule has 90 valence electrons. The van der Waals surface area contributed by atoms with Gasteiger partial charge in [0.15, 0.2) is 5.82 Å². The van der Waals surface area contributed by atoms with Crippen LogP contribution in [-0.2, 0) is 4.74 Å². The Hall–Kier alpha value is -0.940. The molecule has 1 aliphatic rings. The molecular formula is C11H18N2O3. The fourth-order valence-corrected chi connectivity index (χ4v) is 1.74. The summed E-state index contributed by atoms with van der Waals surface area (Å²) in [5.41, 5.74) is 0. The Labute approximate surface area is 94.8 Å². The molecule has 1 N–H and O–H groups in total. The second-order valence-electron chi connectivity index (χ2n) is 4.34. The smallest absolute Gasteiger partial charge is 0.234 e. The molecule has 0 spiro atoms. The lowest BCUT2D eigenvalue weighted by atomic mass is 9.99. The number of hydrogen-bond donors (Lipinski definition) is 1. The van der Waals surface area contributed by atoms with Crippen molar-refractivity contribution in [2.45, 2.75) is 44.6 Å². The molecule has 16 heavy (non-hydrogen) atoms. The highest BCUT2D eigenvalue weighted by Gasteiger charge is 2.30. The van der Waals surface area contributed by atoms with Crippen LogP contribution in [0, 0.1) is 0 Å². The largest absolute Gasteiger partial charge is 0.392 e. The lowest BCUT2D eigenvalue weighted by Crippen LogP contribution is -2.30. The van der Waals surface area contributed by atoms with Crippen molar-refractivity contribution in [2.75, 3.05) is 13.2 Å². The third-order valence-electron chi connectivity index (χ3n) is 3.15. The number of aliphatic hydroxyl groups is 1. The van der Waals surface area contributed by atoms with Crippen LogP contribution in [0.2, 0.25) is 0 Å². The van der Waals surface area contributed by atoms with E-state index < -0.39 is 6.10 Å². The van der Waals surface area contributed by atoms with Gasteiger partial charge in [-0.3, -0.25) is 0 Å². The zero-order chi connectivity index (χ0) is 11.5. The van der Waals surface area contributed by atoms with E-state index in [1.54, 1.807) is 0 Å². The predicted octanol–water partition coefficient (Wildman–Crippen LogP) is 1.45. The number of aliphatic hydroxyl groups excluding tert-OH is 1. The van der Waals surface area contributed by atoms with Gasteiger partial charge >= 0.3 is 0 Å². The molecule has 1 aromatic rings. The molecule has 1 aliphatic heterocycles. The highest BCUT2D eigenvalue weighted by atomic mass is 16.5. The molecule has 5 nitrogen and oxygen atoms in total. The van der Waals surface area contributed by atoms with Gasteiger partial charge in [-0.2, -0.15) is 4.98 Å². The third-order valence-corrected chi connectivity index (χ3v) is 3.15. The Bertz CT molecular complexity index is 340. The molecule has 1 aromatic heterocycles. The Morgan fingerprint density at radius 2 is 2.38 bits per heavy atom. The maximum atomic E-state index is 9.82. The molecule has 0 saturated carbocycles. The lowest BCUT2D eigenvalue weighted by molar-refractivity contribution is -0.0149. The molecule has 0 aromatic carbocycles. The van der Waals surface area contributed by atoms with Crippen molar-refractivity contribution in [1.82, 2.24) is 10.1 Å². The summed E-state index contributed by atoms with van der Waals surface area (Å²) in [4.78, 5) is 4.34. The molecule has 3 atom stereocenters. The summed E-state index contributed by atoms with van der Waals surface area (Å²) in [5.74, 6) is 1.34. The fraction of sp³-hybridized carbons (Fsp3) is 0.818. The molecule has 0 radical (unpaired) electrons. The van der Waals surface area contributed by atoms with E-state index in [0.29, 0.717) is 31.4 Å². The van der Waals surface area contributed by atoms with Crippen LogP contribution in [0.3, 0.4) is 0 Å². The highest BCUT2D eigenvalue weighted by molar-refractivity contribution is 5.01. The number of nitrogens with zero attached hydrogens (tertiary/aromatic N) is 2. The standard InChI is InChI=1S/C11H18N2O3/c1-3-7(2)10-12-11(16-13-10)8-6-15-5-4-9(8)14/h7-9,14H,3-6H2,1-2H3. The first-order valence-electron chi connectivity index (χ1n) is 5.81. The molecule has 2 rings (SSSR count). The van der Waals surface area contributed by atoms with E-state index >= 15 is 0 Å². The lowest BCUT2D eigenvalue weighted by Gasteiger charge is -2.24. The molecule has 5 heteroatoms. The first-order chi connectivity index (χ1) is 7.72. The summed E-state index contributed by atoms with van der Waals surface area (Å²) < 4.78 is 10.5. The summed E-state index contributed by atoms with van der Waals surface area (Å²) in [5, 5.41) is 13.8. The summed E-state index contributed by atoms with van der Waals surface area (Å²) in [6.45, 7) is 5.20. The minimum absolute atomic E-state index is 0.168. The summed E-state index contributed by atoms with van der Waals surface area (Å²) in [7, 11) is 0. The van der Waals surface area contributed by atoms with E-state index in [0.717, 1.165) is 12.2 Å². The first-order valence-corrected chi connectivity index (χ1v) is 5.81. The van der Waals surface area contributed by atoms with Crippen LogP contribution in [0.5, 0.6) is 0 Å². The third kappa shape index (κ3) is 2.25. The van der Waals surface area contributed by atoms with Gasteiger partial charge in [0.2, 0.25) is 5.89 Å². The SMILES string of the molecule is CCC(C)c1noc(C2COCCC2O)n1. The average Bonchev–Trinajstić information content (AvgIpc) is 2.78. The molecule has 3 unspecified atom stereocenters. The minimum atomic E-state index is -0.431. The van der Waals surface area contributed by atoms with E-state index in [9.17, 15) is 5.11 Å². The summed E-state index contributed by atoms with van der Waals surface area (Å²) in [6.07, 6.45) is 1.17. The first kappa shape index (κ1) is 11.5. The van der Waals surface area contributed by atoms with Gasteiger partial charge in [-0.15, -0.1) is 0 Å². The maximum Gasteiger partial charge on any atom is 0.234 e. The predicted molar refractivity (Wildman–Crippen MR) is 57.2 cm³/mol. The maximum absolute atomic E-state index is 9.82. The highest BCUT2D eigenvalue weighted by Crippen LogP contribution is 2.26. The van der Waals surface area contributed by atoms with Gasteiger partial charge < -0.3 is 14.4 Å². The Morgan fingerprint density at radius 1 is 1.56 bits per heavy atom. The number of hydrogen-bond acceptors (Lipinski definition) is 5. The van der Waals surface area contributed by atoms with Crippen LogP contribution in [0.1, 0.15) is 50.2 Å². The number of rotatable bonds is 3. The number of aromatic nitrogens is 2. The van der Waals surface area contributed by atoms with Gasteiger partial charge in [0, 0.05) is 12.5 Å². The van der Waals surface area contributed by atoms with Crippen molar-refractivity contribution in [3.63, 3.8) is 0 Å². The Morgan fingerprint density at radius 3 is 3.06 bits per heavy atom. The van der Waals surface area contributed by atoms with Crippen molar-refractivity contribution in [1.29, 1.82) is 0 Å². The van der Waals surface area contributed by atoms with E-state index in [4.69, 9.17) is 9.26 Å². The van der Waals surface area contributed by atoms with Gasteiger partial charge in [0.25, 0.3) is 0 Å². The zero-order valence-corrected chi connectivity index (χ0v) is 9.72. The molecule has 1 fully saturated rings. The van der Waals surface area contributed by atoms with Crippen molar-refractivity contribution >= 4 is 0 Å². The van der Waals surface area contributed by atoms with Crippen LogP contribution in [0.25, 0.3) is 0 Å². The van der Waals surface area contributed by atoms with Crippen LogP contribution >= 0.6 is 0 Å². The van der Waals surface area contributed by atoms with Gasteiger partial charge in [0.1, 0.15) is 0 Å². The second-order valence-corrected chi connectivity index (χ2v) is 4.34. The average molecular weight is 226 g/mol. The van der Waals surface area contributed by atoms with Crippen molar-refractivity contribution < 1.29 is 14.4 Å². The fourth-order valence-electron chi connectivity index (χ4n) is 1.74. The number of ether oxygens (including phenoxy) is 1. The van der Waals surface area contributed by atoms with Crippen LogP contribution in [-0.4, -0.2) is 34.6 Å². The van der Waals surface area contributed by atoms with E-state index in [-0.39, 0.29) is 5.92 Å². The molecular weight excluding hydrogens is 208 g/mol. The summed E-state index contributed by atoms with van der Waals surface area (Å²) >= 11 is 0. The van der Waals surface area contributed by atoms with Crippen molar-refractivity contribution in [3.8, 4) is 0 Å². The van der Waals surface area contributed by atoms with Gasteiger partial charge in [-0.25, -0.2) is 0 Å². The quantitative estimate of drug-likeness (QED) is 0.844. The topological polar surface area (TPSA) is 68.4 Å². The van der Waals surface area contributed by atoms with Gasteiger partial charge in [0.05, 0.1) is 18.6 Å². The van der Waals surface area contributed by atoms with Crippen LogP contribution < -0.4 is 0 Å². The monoisotopic (exact) mass is 226 g/mol. The van der Waals surface area contributed by atoms with Gasteiger partial charge in [-0.1, -0.05) is 19.0 Å². The molecule has 0 amide bonds. The van der Waals surface area contributed by atoms with Crippen molar-refractivity contribution in [3.05, 3.63) is 11.7 Å². The Kier molecular flexibility index (Phi) is 3.56. The molecule has 0 bridgehead atoms. The van der Waals surface area contributed by atoms with Crippen molar-refractivity contribution in [2.24, 2.45) is 0 Å². The second kappa shape index (κ2) is 4.93. The van der Waals surface area contributed by atoms with E-state index in [1.165, 1.54) is 0 Å². The van der Waals surface area contributed by atoms with Crippen LogP contribution in [0.15, 0.2) is 4.52 Å². The van der Waals surface area contributed by atoms with E-state index in [2.05, 4.69) is 24.0 Å². The molecule has 2 heterocycles. The summed E-state index contributed by atoms with van der Waals surface area (Å²) in [6, 6.07) is 0. The molecule has 1 saturated heterocycles. The van der Waals surface area contributed by atoms with E-state index in [1.807, 2.05) is 0 Å². The minimum Gasteiger partial charge on any atom is -0.392 e. The Balaban J connectivity index is 2.11. The normalized spacial score (nSPS) is 27.9. The van der Waals surface area contributed by atoms with Crippen LogP contribution in [0.4, 0.5) is 0 Å². The zero-order valence-electron chi connectivity index (χ0n) is 9.72. The molecule has 0 aliphatic carbocycles. The van der Waals surface area contributed by atoms with Gasteiger partial charge in [-0.05, 0) is 12.8 Å².